The monoisotopic (exact) mass is 204 g/mol. The first-order valence-corrected chi connectivity index (χ1v) is 5.49. The van der Waals surface area contributed by atoms with E-state index in [-0.39, 0.29) is 0 Å². The predicted octanol–water partition coefficient (Wildman–Crippen LogP) is 2.80. The highest BCUT2D eigenvalue weighted by Gasteiger charge is 1.93. The molecule has 2 rings (SSSR count). The lowest BCUT2D eigenvalue weighted by atomic mass is 10.3. The number of nitrogens with zero attached hydrogens (tertiary/aromatic N) is 1. The molecule has 14 heavy (non-hydrogen) atoms. The minimum atomic E-state index is 0.977. The third-order valence-corrected chi connectivity index (χ3v) is 2.90. The van der Waals surface area contributed by atoms with E-state index in [1.165, 1.54) is 4.88 Å². The van der Waals surface area contributed by atoms with Crippen LogP contribution in [0.25, 0.3) is 0 Å². The highest BCUT2D eigenvalue weighted by molar-refractivity contribution is 7.09. The summed E-state index contributed by atoms with van der Waals surface area (Å²) in [6.45, 7) is 0.977. The molecule has 0 atom stereocenters. The molecule has 2 aromatic rings. The molecule has 0 bridgehead atoms. The molecule has 0 saturated heterocycles. The number of rotatable bonds is 4. The molecule has 0 aliphatic carbocycles. The lowest BCUT2D eigenvalue weighted by Gasteiger charge is -2.03. The van der Waals surface area contributed by atoms with Crippen molar-refractivity contribution in [3.8, 4) is 0 Å². The first-order valence-electron chi connectivity index (χ1n) is 4.61. The number of aromatic nitrogens is 1. The molecule has 2 aromatic heterocycles. The number of anilines is 1. The van der Waals surface area contributed by atoms with Crippen molar-refractivity contribution in [2.75, 3.05) is 11.9 Å². The number of pyridine rings is 1. The second-order valence-electron chi connectivity index (χ2n) is 2.99. The molecule has 0 spiro atoms. The van der Waals surface area contributed by atoms with Crippen LogP contribution < -0.4 is 5.32 Å². The maximum atomic E-state index is 3.97. The molecular formula is C11H12N2S. The van der Waals surface area contributed by atoms with Crippen molar-refractivity contribution < 1.29 is 0 Å². The van der Waals surface area contributed by atoms with E-state index in [0.717, 1.165) is 18.7 Å². The summed E-state index contributed by atoms with van der Waals surface area (Å²) in [7, 11) is 0. The van der Waals surface area contributed by atoms with Gasteiger partial charge in [-0.15, -0.1) is 11.3 Å². The van der Waals surface area contributed by atoms with Gasteiger partial charge in [-0.2, -0.15) is 0 Å². The van der Waals surface area contributed by atoms with E-state index in [0.29, 0.717) is 0 Å². The molecular weight excluding hydrogens is 192 g/mol. The van der Waals surface area contributed by atoms with Gasteiger partial charge in [0.2, 0.25) is 0 Å². The van der Waals surface area contributed by atoms with Gasteiger partial charge in [-0.1, -0.05) is 6.07 Å². The minimum Gasteiger partial charge on any atom is -0.385 e. The van der Waals surface area contributed by atoms with Crippen molar-refractivity contribution in [3.63, 3.8) is 0 Å². The first kappa shape index (κ1) is 9.21. The van der Waals surface area contributed by atoms with Crippen molar-refractivity contribution in [1.82, 2.24) is 4.98 Å². The number of hydrogen-bond donors (Lipinski definition) is 1. The van der Waals surface area contributed by atoms with Gasteiger partial charge in [0.25, 0.3) is 0 Å². The van der Waals surface area contributed by atoms with Crippen LogP contribution in [-0.2, 0) is 6.42 Å². The summed E-state index contributed by atoms with van der Waals surface area (Å²) >= 11 is 1.81. The second-order valence-corrected chi connectivity index (χ2v) is 4.02. The van der Waals surface area contributed by atoms with Crippen LogP contribution in [0.3, 0.4) is 0 Å². The van der Waals surface area contributed by atoms with Gasteiger partial charge in [0.15, 0.2) is 0 Å². The Morgan fingerprint density at radius 3 is 2.79 bits per heavy atom. The molecule has 0 amide bonds. The van der Waals surface area contributed by atoms with E-state index in [9.17, 15) is 0 Å². The first-order chi connectivity index (χ1) is 6.95. The fourth-order valence-corrected chi connectivity index (χ4v) is 1.96. The Labute approximate surface area is 87.6 Å². The fraction of sp³-hybridized carbons (Fsp3) is 0.182. The SMILES string of the molecule is c1csc(CCNc2ccncc2)c1. The van der Waals surface area contributed by atoms with Gasteiger partial charge < -0.3 is 5.32 Å². The van der Waals surface area contributed by atoms with Crippen molar-refractivity contribution in [1.29, 1.82) is 0 Å². The van der Waals surface area contributed by atoms with Crippen LogP contribution in [0.2, 0.25) is 0 Å². The molecule has 0 saturated carbocycles. The summed E-state index contributed by atoms with van der Waals surface area (Å²) in [6, 6.07) is 8.22. The van der Waals surface area contributed by atoms with Crippen LogP contribution >= 0.6 is 11.3 Å². The van der Waals surface area contributed by atoms with Crippen molar-refractivity contribution in [2.45, 2.75) is 6.42 Å². The van der Waals surface area contributed by atoms with E-state index in [2.05, 4.69) is 27.8 Å². The van der Waals surface area contributed by atoms with E-state index in [1.807, 2.05) is 12.1 Å². The van der Waals surface area contributed by atoms with Gasteiger partial charge in [-0.05, 0) is 30.0 Å². The number of thiophene rings is 1. The molecule has 0 aliphatic rings. The summed E-state index contributed by atoms with van der Waals surface area (Å²) in [4.78, 5) is 5.39. The summed E-state index contributed by atoms with van der Waals surface area (Å²) < 4.78 is 0. The van der Waals surface area contributed by atoms with Gasteiger partial charge >= 0.3 is 0 Å². The topological polar surface area (TPSA) is 24.9 Å². The molecule has 0 fully saturated rings. The smallest absolute Gasteiger partial charge is 0.0371 e. The zero-order chi connectivity index (χ0) is 9.64. The summed E-state index contributed by atoms with van der Waals surface area (Å²) in [5, 5.41) is 5.46. The average molecular weight is 204 g/mol. The zero-order valence-corrected chi connectivity index (χ0v) is 8.63. The van der Waals surface area contributed by atoms with Gasteiger partial charge in [0.05, 0.1) is 0 Å². The molecule has 1 N–H and O–H groups in total. The van der Waals surface area contributed by atoms with E-state index in [4.69, 9.17) is 0 Å². The average Bonchev–Trinajstić information content (AvgIpc) is 2.72. The van der Waals surface area contributed by atoms with Crippen LogP contribution in [-0.4, -0.2) is 11.5 Å². The lowest BCUT2D eigenvalue weighted by molar-refractivity contribution is 1.04. The predicted molar refractivity (Wildman–Crippen MR) is 60.7 cm³/mol. The van der Waals surface area contributed by atoms with Gasteiger partial charge in [-0.25, -0.2) is 0 Å². The van der Waals surface area contributed by atoms with Crippen LogP contribution in [0, 0.1) is 0 Å². The van der Waals surface area contributed by atoms with E-state index in [1.54, 1.807) is 23.7 Å². The summed E-state index contributed by atoms with van der Waals surface area (Å²) in [5.41, 5.74) is 1.14. The molecule has 0 unspecified atom stereocenters. The Morgan fingerprint density at radius 1 is 1.21 bits per heavy atom. The highest BCUT2D eigenvalue weighted by atomic mass is 32.1. The maximum Gasteiger partial charge on any atom is 0.0371 e. The third kappa shape index (κ3) is 2.57. The van der Waals surface area contributed by atoms with E-state index < -0.39 is 0 Å². The minimum absolute atomic E-state index is 0.977. The van der Waals surface area contributed by atoms with Crippen molar-refractivity contribution in [2.24, 2.45) is 0 Å². The van der Waals surface area contributed by atoms with E-state index >= 15 is 0 Å². The largest absolute Gasteiger partial charge is 0.385 e. The maximum absolute atomic E-state index is 3.97. The Balaban J connectivity index is 1.79. The van der Waals surface area contributed by atoms with Crippen LogP contribution in [0.4, 0.5) is 5.69 Å². The van der Waals surface area contributed by atoms with Crippen LogP contribution in [0.15, 0.2) is 42.0 Å². The molecule has 0 aromatic carbocycles. The van der Waals surface area contributed by atoms with Crippen molar-refractivity contribution >= 4 is 17.0 Å². The standard InChI is InChI=1S/C11H12N2S/c1-2-11(14-9-1)5-8-13-10-3-6-12-7-4-10/h1-4,6-7,9H,5,8H2,(H,12,13). The molecule has 72 valence electrons. The summed E-state index contributed by atoms with van der Waals surface area (Å²) in [5.74, 6) is 0. The molecule has 3 heteroatoms. The zero-order valence-electron chi connectivity index (χ0n) is 7.81. The Morgan fingerprint density at radius 2 is 2.07 bits per heavy atom. The number of nitrogens with one attached hydrogen (secondary N) is 1. The van der Waals surface area contributed by atoms with Crippen molar-refractivity contribution in [3.05, 3.63) is 46.9 Å². The quantitative estimate of drug-likeness (QED) is 0.828. The Hall–Kier alpha value is -1.35. The second kappa shape index (κ2) is 4.77. The fourth-order valence-electron chi connectivity index (χ4n) is 1.25. The Bertz CT molecular complexity index is 356. The third-order valence-electron chi connectivity index (χ3n) is 1.96. The molecule has 0 radical (unpaired) electrons. The van der Waals surface area contributed by atoms with Gasteiger partial charge in [0, 0.05) is 29.5 Å². The molecule has 2 heterocycles. The normalized spacial score (nSPS) is 10.0. The van der Waals surface area contributed by atoms with Gasteiger partial charge in [-0.3, -0.25) is 4.98 Å². The van der Waals surface area contributed by atoms with Crippen LogP contribution in [0.1, 0.15) is 4.88 Å². The van der Waals surface area contributed by atoms with Gasteiger partial charge in [0.1, 0.15) is 0 Å². The number of hydrogen-bond acceptors (Lipinski definition) is 3. The Kier molecular flexibility index (Phi) is 3.14. The lowest BCUT2D eigenvalue weighted by Crippen LogP contribution is -2.03. The summed E-state index contributed by atoms with van der Waals surface area (Å²) in [6.07, 6.45) is 4.68. The highest BCUT2D eigenvalue weighted by Crippen LogP contribution is 2.09. The van der Waals surface area contributed by atoms with Crippen LogP contribution in [0.5, 0.6) is 0 Å². The molecule has 0 aliphatic heterocycles. The molecule has 2 nitrogen and oxygen atoms in total.